The highest BCUT2D eigenvalue weighted by Gasteiger charge is 2.71. The first-order valence-electron chi connectivity index (χ1n) is 11.0. The molecule has 0 saturated carbocycles. The van der Waals surface area contributed by atoms with Crippen LogP contribution in [0.5, 0.6) is 11.5 Å². The number of hydrogen-bond donors (Lipinski definition) is 4. The van der Waals surface area contributed by atoms with Gasteiger partial charge >= 0.3 is 0 Å². The molecule has 2 aromatic rings. The predicted molar refractivity (Wildman–Crippen MR) is 120 cm³/mol. The van der Waals surface area contributed by atoms with Gasteiger partial charge in [0.2, 0.25) is 17.7 Å². The van der Waals surface area contributed by atoms with Crippen molar-refractivity contribution in [2.75, 3.05) is 5.32 Å². The number of nitrogens with zero attached hydrogens (tertiary/aromatic N) is 1. The Labute approximate surface area is 191 Å². The number of imide groups is 1. The second-order valence-corrected chi connectivity index (χ2v) is 10.3. The SMILES string of the molecule is Cc1ccc2c(c1)C1(NC(Cc3ccc(O)c(O)c3)[C@H]3C(=O)N(C(C)(C)C)C(=O)[C@H]31)C(=O)N2. The van der Waals surface area contributed by atoms with E-state index in [9.17, 15) is 24.6 Å². The highest BCUT2D eigenvalue weighted by Crippen LogP contribution is 2.54. The van der Waals surface area contributed by atoms with Gasteiger partial charge < -0.3 is 15.5 Å². The van der Waals surface area contributed by atoms with Gasteiger partial charge in [0.25, 0.3) is 0 Å². The van der Waals surface area contributed by atoms with Crippen LogP contribution in [0.3, 0.4) is 0 Å². The maximum absolute atomic E-state index is 13.8. The normalized spacial score (nSPS) is 28.4. The Balaban J connectivity index is 1.66. The number of fused-ring (bicyclic) bond motifs is 4. The number of aryl methyl sites for hydroxylation is 1. The third-order valence-electron chi connectivity index (χ3n) is 7.04. The zero-order valence-corrected chi connectivity index (χ0v) is 19.0. The molecule has 33 heavy (non-hydrogen) atoms. The van der Waals surface area contributed by atoms with Crippen LogP contribution in [0.1, 0.15) is 37.5 Å². The molecular formula is C25H27N3O5. The van der Waals surface area contributed by atoms with E-state index in [0.29, 0.717) is 23.2 Å². The topological polar surface area (TPSA) is 119 Å². The Hall–Kier alpha value is -3.39. The lowest BCUT2D eigenvalue weighted by molar-refractivity contribution is -0.147. The first-order chi connectivity index (χ1) is 15.4. The number of amides is 3. The highest BCUT2D eigenvalue weighted by atomic mass is 16.3. The first kappa shape index (κ1) is 21.5. The summed E-state index contributed by atoms with van der Waals surface area (Å²) in [4.78, 5) is 42.2. The number of phenolic OH excluding ortho intramolecular Hbond substituents is 2. The van der Waals surface area contributed by atoms with Gasteiger partial charge in [-0.05, 0) is 57.9 Å². The number of rotatable bonds is 2. The van der Waals surface area contributed by atoms with E-state index >= 15 is 0 Å². The number of aromatic hydroxyl groups is 2. The second-order valence-electron chi connectivity index (χ2n) is 10.3. The number of nitrogens with one attached hydrogen (secondary N) is 2. The summed E-state index contributed by atoms with van der Waals surface area (Å²) in [5.41, 5.74) is 0.841. The summed E-state index contributed by atoms with van der Waals surface area (Å²) >= 11 is 0. The van der Waals surface area contributed by atoms with Crippen molar-refractivity contribution in [2.24, 2.45) is 11.8 Å². The summed E-state index contributed by atoms with van der Waals surface area (Å²) in [6, 6.07) is 9.56. The molecule has 0 bridgehead atoms. The summed E-state index contributed by atoms with van der Waals surface area (Å²) in [6.07, 6.45) is 0.294. The van der Waals surface area contributed by atoms with E-state index in [1.807, 2.05) is 45.9 Å². The third kappa shape index (κ3) is 2.90. The summed E-state index contributed by atoms with van der Waals surface area (Å²) < 4.78 is 0. The van der Waals surface area contributed by atoms with Crippen LogP contribution in [0.2, 0.25) is 0 Å². The van der Waals surface area contributed by atoms with Crippen molar-refractivity contribution >= 4 is 23.4 Å². The van der Waals surface area contributed by atoms with Crippen molar-refractivity contribution in [3.05, 3.63) is 53.1 Å². The van der Waals surface area contributed by atoms with Gasteiger partial charge in [-0.1, -0.05) is 23.8 Å². The number of phenols is 2. The lowest BCUT2D eigenvalue weighted by Crippen LogP contribution is -2.56. The molecule has 3 heterocycles. The number of carbonyl (C=O) groups excluding carboxylic acids is 3. The van der Waals surface area contributed by atoms with Gasteiger partial charge in [-0.2, -0.15) is 0 Å². The molecule has 3 aliphatic rings. The summed E-state index contributed by atoms with van der Waals surface area (Å²) in [5.74, 6) is -3.13. The van der Waals surface area contributed by atoms with Gasteiger partial charge in [-0.15, -0.1) is 0 Å². The van der Waals surface area contributed by atoms with Gasteiger partial charge in [0, 0.05) is 22.8 Å². The minimum atomic E-state index is -1.36. The Bertz CT molecular complexity index is 1220. The first-order valence-corrected chi connectivity index (χ1v) is 11.0. The molecule has 3 aliphatic heterocycles. The van der Waals surface area contributed by atoms with Gasteiger partial charge in [0.05, 0.1) is 11.8 Å². The Kier molecular flexibility index (Phi) is 4.42. The van der Waals surface area contributed by atoms with Crippen LogP contribution in [0.4, 0.5) is 5.69 Å². The zero-order valence-electron chi connectivity index (χ0n) is 19.0. The molecule has 4 N–H and O–H groups in total. The number of likely N-dealkylation sites (tertiary alicyclic amines) is 1. The van der Waals surface area contributed by atoms with E-state index in [4.69, 9.17) is 0 Å². The number of anilines is 1. The molecule has 5 rings (SSSR count). The standard InChI is InChI=1S/C25H27N3O5/c1-12-5-7-15-14(9-12)25(23(33)26-15)20-19(21(31)28(22(20)32)24(2,3)4)16(27-25)10-13-6-8-17(29)18(30)11-13/h5-9,11,16,19-20,27,29-30H,10H2,1-4H3,(H,26,33)/t16?,19-,20+,25?/m1/s1. The largest absolute Gasteiger partial charge is 0.504 e. The molecule has 0 radical (unpaired) electrons. The van der Waals surface area contributed by atoms with Crippen molar-refractivity contribution in [1.29, 1.82) is 0 Å². The Morgan fingerprint density at radius 1 is 1.00 bits per heavy atom. The van der Waals surface area contributed by atoms with Crippen LogP contribution < -0.4 is 10.6 Å². The minimum Gasteiger partial charge on any atom is -0.504 e. The molecule has 0 aliphatic carbocycles. The van der Waals surface area contributed by atoms with Crippen molar-refractivity contribution in [2.45, 2.75) is 51.2 Å². The van der Waals surface area contributed by atoms with Crippen LogP contribution >= 0.6 is 0 Å². The minimum absolute atomic E-state index is 0.238. The summed E-state index contributed by atoms with van der Waals surface area (Å²) in [5, 5.41) is 25.9. The molecule has 8 nitrogen and oxygen atoms in total. The summed E-state index contributed by atoms with van der Waals surface area (Å²) in [6.45, 7) is 7.35. The molecule has 172 valence electrons. The third-order valence-corrected chi connectivity index (χ3v) is 7.04. The average Bonchev–Trinajstić information content (AvgIpc) is 3.29. The van der Waals surface area contributed by atoms with Gasteiger partial charge in [-0.3, -0.25) is 24.6 Å². The van der Waals surface area contributed by atoms with E-state index in [-0.39, 0.29) is 29.2 Å². The van der Waals surface area contributed by atoms with Gasteiger partial charge in [0.1, 0.15) is 5.54 Å². The molecule has 8 heteroatoms. The Morgan fingerprint density at radius 3 is 2.39 bits per heavy atom. The van der Waals surface area contributed by atoms with Gasteiger partial charge in [-0.25, -0.2) is 0 Å². The van der Waals surface area contributed by atoms with Crippen LogP contribution in [0, 0.1) is 18.8 Å². The average molecular weight is 450 g/mol. The van der Waals surface area contributed by atoms with Crippen molar-refractivity contribution < 1.29 is 24.6 Å². The zero-order chi connectivity index (χ0) is 23.9. The maximum Gasteiger partial charge on any atom is 0.250 e. The molecule has 1 spiro atoms. The second kappa shape index (κ2) is 6.81. The number of hydrogen-bond acceptors (Lipinski definition) is 6. The monoisotopic (exact) mass is 449 g/mol. The molecule has 0 aromatic heterocycles. The summed E-state index contributed by atoms with van der Waals surface area (Å²) in [7, 11) is 0. The van der Waals surface area contributed by atoms with Gasteiger partial charge in [0.15, 0.2) is 11.5 Å². The molecule has 2 unspecified atom stereocenters. The van der Waals surface area contributed by atoms with E-state index in [2.05, 4.69) is 10.6 Å². The fraction of sp³-hybridized carbons (Fsp3) is 0.400. The lowest BCUT2D eigenvalue weighted by Gasteiger charge is -2.34. The molecular weight excluding hydrogens is 422 g/mol. The molecule has 2 aromatic carbocycles. The smallest absolute Gasteiger partial charge is 0.250 e. The highest BCUT2D eigenvalue weighted by molar-refractivity contribution is 6.15. The van der Waals surface area contributed by atoms with Crippen LogP contribution in [0.15, 0.2) is 36.4 Å². The van der Waals surface area contributed by atoms with E-state index < -0.39 is 29.0 Å². The quantitative estimate of drug-likeness (QED) is 0.412. The molecule has 4 atom stereocenters. The Morgan fingerprint density at radius 2 is 1.73 bits per heavy atom. The molecule has 3 amide bonds. The van der Waals surface area contributed by atoms with Crippen molar-refractivity contribution in [3.8, 4) is 11.5 Å². The number of carbonyl (C=O) groups is 3. The van der Waals surface area contributed by atoms with E-state index in [0.717, 1.165) is 5.56 Å². The van der Waals surface area contributed by atoms with Crippen LogP contribution in [-0.4, -0.2) is 44.4 Å². The number of benzene rings is 2. The molecule has 2 saturated heterocycles. The maximum atomic E-state index is 13.8. The van der Waals surface area contributed by atoms with Crippen LogP contribution in [-0.2, 0) is 26.3 Å². The lowest BCUT2D eigenvalue weighted by atomic mass is 9.76. The van der Waals surface area contributed by atoms with Crippen molar-refractivity contribution in [1.82, 2.24) is 10.2 Å². The van der Waals surface area contributed by atoms with E-state index in [1.165, 1.54) is 17.0 Å². The van der Waals surface area contributed by atoms with Crippen molar-refractivity contribution in [3.63, 3.8) is 0 Å². The molecule has 2 fully saturated rings. The van der Waals surface area contributed by atoms with Crippen LogP contribution in [0.25, 0.3) is 0 Å². The van der Waals surface area contributed by atoms with E-state index in [1.54, 1.807) is 6.07 Å². The fourth-order valence-corrected chi connectivity index (χ4v) is 5.70. The fourth-order valence-electron chi connectivity index (χ4n) is 5.70. The predicted octanol–water partition coefficient (Wildman–Crippen LogP) is 2.17.